The molecule has 3 rings (SSSR count). The fraction of sp³-hybridized carbons (Fsp3) is 1.00. The maximum Gasteiger partial charge on any atom is 0.0835 e. The summed E-state index contributed by atoms with van der Waals surface area (Å²) >= 11 is 0. The highest BCUT2D eigenvalue weighted by atomic mass is 16.3. The van der Waals surface area contributed by atoms with Gasteiger partial charge in [0.15, 0.2) is 0 Å². The smallest absolute Gasteiger partial charge is 0.0835 e. The van der Waals surface area contributed by atoms with Gasteiger partial charge in [-0.1, -0.05) is 20.8 Å². The molecule has 3 saturated carbocycles. The van der Waals surface area contributed by atoms with Crippen molar-refractivity contribution < 1.29 is 10.2 Å². The van der Waals surface area contributed by atoms with E-state index in [2.05, 4.69) is 20.8 Å². The summed E-state index contributed by atoms with van der Waals surface area (Å²) in [6, 6.07) is 0. The second kappa shape index (κ2) is 2.24. The number of rotatable bonds is 0. The summed E-state index contributed by atoms with van der Waals surface area (Å²) in [5.74, 6) is 1.20. The van der Waals surface area contributed by atoms with Gasteiger partial charge in [-0.2, -0.15) is 0 Å². The van der Waals surface area contributed by atoms with Crippen LogP contribution in [0.25, 0.3) is 0 Å². The Morgan fingerprint density at radius 1 is 1.08 bits per heavy atom. The molecule has 0 aromatic carbocycles. The minimum absolute atomic E-state index is 0.248. The minimum atomic E-state index is -0.486. The lowest BCUT2D eigenvalue weighted by Gasteiger charge is -2.63. The van der Waals surface area contributed by atoms with Gasteiger partial charge in [0.1, 0.15) is 0 Å². The second-order valence-corrected chi connectivity index (χ2v) is 5.11. The topological polar surface area (TPSA) is 40.5 Å². The van der Waals surface area contributed by atoms with Crippen LogP contribution in [0.3, 0.4) is 0 Å². The molecule has 3 fully saturated rings. The summed E-state index contributed by atoms with van der Waals surface area (Å²) < 4.78 is 0. The Kier molecular flexibility index (Phi) is 1.59. The number of hydrogen-bond acceptors (Lipinski definition) is 2. The monoisotopic (exact) mass is 170 g/mol. The molecule has 3 aliphatic carbocycles. The maximum absolute atomic E-state index is 9.74. The van der Waals surface area contributed by atoms with Gasteiger partial charge in [0.2, 0.25) is 0 Å². The zero-order valence-corrected chi connectivity index (χ0v) is 7.99. The van der Waals surface area contributed by atoms with Crippen LogP contribution in [0, 0.1) is 23.2 Å². The third-order valence-electron chi connectivity index (χ3n) is 4.35. The predicted molar refractivity (Wildman–Crippen MR) is 46.6 cm³/mol. The first kappa shape index (κ1) is 8.52. The highest BCUT2D eigenvalue weighted by Crippen LogP contribution is 2.61. The van der Waals surface area contributed by atoms with Gasteiger partial charge in [0.05, 0.1) is 12.2 Å². The number of fused-ring (bicyclic) bond motifs is 2. The molecule has 5 atom stereocenters. The largest absolute Gasteiger partial charge is 0.390 e. The summed E-state index contributed by atoms with van der Waals surface area (Å²) in [4.78, 5) is 0. The van der Waals surface area contributed by atoms with Gasteiger partial charge in [0, 0.05) is 0 Å². The van der Waals surface area contributed by atoms with Crippen LogP contribution in [-0.4, -0.2) is 22.4 Å². The Labute approximate surface area is 73.6 Å². The molecule has 2 bridgehead atoms. The van der Waals surface area contributed by atoms with Crippen LogP contribution in [0.2, 0.25) is 0 Å². The highest BCUT2D eigenvalue weighted by Gasteiger charge is 2.60. The van der Waals surface area contributed by atoms with Crippen LogP contribution >= 0.6 is 0 Å². The first-order chi connectivity index (χ1) is 5.46. The SMILES string of the molecule is C[C@H]1C(O)[C@H](O)[C@@H]2C[C@H]1C2(C)C. The van der Waals surface area contributed by atoms with E-state index in [0.29, 0.717) is 11.8 Å². The van der Waals surface area contributed by atoms with E-state index >= 15 is 0 Å². The molecule has 0 amide bonds. The fourth-order valence-corrected chi connectivity index (χ4v) is 3.25. The Bertz CT molecular complexity index is 182. The Balaban J connectivity index is 2.24. The van der Waals surface area contributed by atoms with Crippen molar-refractivity contribution >= 4 is 0 Å². The number of hydrogen-bond donors (Lipinski definition) is 2. The zero-order chi connectivity index (χ0) is 9.09. The zero-order valence-electron chi connectivity index (χ0n) is 7.99. The molecule has 0 aliphatic heterocycles. The summed E-state index contributed by atoms with van der Waals surface area (Å²) in [6.07, 6.45) is 0.133. The van der Waals surface area contributed by atoms with E-state index < -0.39 is 12.2 Å². The molecule has 3 aliphatic rings. The molecule has 2 N–H and O–H groups in total. The molecule has 0 saturated heterocycles. The molecular formula is C10H18O2. The van der Waals surface area contributed by atoms with Crippen LogP contribution in [0.1, 0.15) is 27.2 Å². The summed E-state index contributed by atoms with van der Waals surface area (Å²) in [6.45, 7) is 6.46. The predicted octanol–water partition coefficient (Wildman–Crippen LogP) is 1.02. The minimum Gasteiger partial charge on any atom is -0.390 e. The standard InChI is InChI=1S/C10H18O2/c1-5-6-4-7(10(6,2)3)9(12)8(5)11/h5-9,11-12H,4H2,1-3H3/t5-,6-,7+,8?,9-/m1/s1. The maximum atomic E-state index is 9.74. The van der Waals surface area contributed by atoms with Crippen molar-refractivity contribution in [1.29, 1.82) is 0 Å². The average Bonchev–Trinajstić information content (AvgIpc) is 1.98. The van der Waals surface area contributed by atoms with Crippen molar-refractivity contribution in [3.8, 4) is 0 Å². The average molecular weight is 170 g/mol. The fourth-order valence-electron chi connectivity index (χ4n) is 3.25. The Morgan fingerprint density at radius 3 is 2.08 bits per heavy atom. The van der Waals surface area contributed by atoms with E-state index in [-0.39, 0.29) is 11.3 Å². The number of aliphatic hydroxyl groups excluding tert-OH is 2. The number of aliphatic hydroxyl groups is 2. The first-order valence-corrected chi connectivity index (χ1v) is 4.82. The molecule has 12 heavy (non-hydrogen) atoms. The Hall–Kier alpha value is -0.0800. The summed E-state index contributed by atoms with van der Waals surface area (Å²) in [5.41, 5.74) is 0.248. The van der Waals surface area contributed by atoms with Crippen LogP contribution < -0.4 is 0 Å². The van der Waals surface area contributed by atoms with E-state index in [4.69, 9.17) is 0 Å². The lowest BCUT2D eigenvalue weighted by atomic mass is 9.44. The molecule has 2 heteroatoms. The molecule has 0 spiro atoms. The van der Waals surface area contributed by atoms with Crippen LogP contribution in [0.4, 0.5) is 0 Å². The van der Waals surface area contributed by atoms with Crippen molar-refractivity contribution in [3.05, 3.63) is 0 Å². The molecule has 2 nitrogen and oxygen atoms in total. The van der Waals surface area contributed by atoms with E-state index in [1.807, 2.05) is 0 Å². The first-order valence-electron chi connectivity index (χ1n) is 4.82. The van der Waals surface area contributed by atoms with Gasteiger partial charge >= 0.3 is 0 Å². The second-order valence-electron chi connectivity index (χ2n) is 5.11. The molecule has 0 heterocycles. The Morgan fingerprint density at radius 2 is 1.67 bits per heavy atom. The molecule has 0 radical (unpaired) electrons. The highest BCUT2D eigenvalue weighted by molar-refractivity contribution is 5.09. The summed E-state index contributed by atoms with van der Waals surface area (Å²) in [5, 5.41) is 19.4. The molecule has 70 valence electrons. The molecule has 1 unspecified atom stereocenters. The van der Waals surface area contributed by atoms with Gasteiger partial charge < -0.3 is 10.2 Å². The van der Waals surface area contributed by atoms with E-state index in [0.717, 1.165) is 6.42 Å². The van der Waals surface area contributed by atoms with Crippen molar-refractivity contribution in [3.63, 3.8) is 0 Å². The van der Waals surface area contributed by atoms with E-state index in [9.17, 15) is 10.2 Å². The quantitative estimate of drug-likeness (QED) is 0.570. The van der Waals surface area contributed by atoms with Crippen molar-refractivity contribution in [2.75, 3.05) is 0 Å². The van der Waals surface area contributed by atoms with Crippen molar-refractivity contribution in [1.82, 2.24) is 0 Å². The van der Waals surface area contributed by atoms with E-state index in [1.54, 1.807) is 0 Å². The van der Waals surface area contributed by atoms with Crippen LogP contribution in [0.5, 0.6) is 0 Å². The van der Waals surface area contributed by atoms with Crippen molar-refractivity contribution in [2.24, 2.45) is 23.2 Å². The molecular weight excluding hydrogens is 152 g/mol. The lowest BCUT2D eigenvalue weighted by Crippen LogP contribution is -2.64. The third kappa shape index (κ3) is 0.775. The van der Waals surface area contributed by atoms with Gasteiger partial charge in [0.25, 0.3) is 0 Å². The van der Waals surface area contributed by atoms with Crippen LogP contribution in [0.15, 0.2) is 0 Å². The van der Waals surface area contributed by atoms with Crippen LogP contribution in [-0.2, 0) is 0 Å². The van der Waals surface area contributed by atoms with Gasteiger partial charge in [-0.25, -0.2) is 0 Å². The molecule has 0 aromatic rings. The molecule has 0 aromatic heterocycles. The third-order valence-corrected chi connectivity index (χ3v) is 4.35. The van der Waals surface area contributed by atoms with Gasteiger partial charge in [-0.15, -0.1) is 0 Å². The lowest BCUT2D eigenvalue weighted by molar-refractivity contribution is -0.222. The van der Waals surface area contributed by atoms with Gasteiger partial charge in [-0.05, 0) is 29.6 Å². The normalized spacial score (nSPS) is 56.2. The summed E-state index contributed by atoms with van der Waals surface area (Å²) in [7, 11) is 0. The van der Waals surface area contributed by atoms with E-state index in [1.165, 1.54) is 0 Å². The van der Waals surface area contributed by atoms with Gasteiger partial charge in [-0.3, -0.25) is 0 Å². The van der Waals surface area contributed by atoms with Crippen molar-refractivity contribution in [2.45, 2.75) is 39.4 Å².